The highest BCUT2D eigenvalue weighted by Crippen LogP contribution is 2.20. The molecule has 1 aromatic heterocycles. The van der Waals surface area contributed by atoms with Crippen molar-refractivity contribution in [1.82, 2.24) is 9.97 Å². The zero-order valence-electron chi connectivity index (χ0n) is 16.6. The maximum Gasteiger partial charge on any atom is 0.159 e. The summed E-state index contributed by atoms with van der Waals surface area (Å²) >= 11 is 5.70. The van der Waals surface area contributed by atoms with Crippen molar-refractivity contribution in [3.63, 3.8) is 0 Å². The van der Waals surface area contributed by atoms with Crippen LogP contribution in [0.25, 0.3) is 0 Å². The van der Waals surface area contributed by atoms with E-state index in [2.05, 4.69) is 15.3 Å². The molecule has 0 amide bonds. The minimum absolute atomic E-state index is 0. The molecular formula is C20H23ClF4N4S2. The van der Waals surface area contributed by atoms with Gasteiger partial charge in [0.15, 0.2) is 23.3 Å². The van der Waals surface area contributed by atoms with Crippen LogP contribution in [0.3, 0.4) is 0 Å². The van der Waals surface area contributed by atoms with Crippen molar-refractivity contribution in [1.29, 1.82) is 0 Å². The fourth-order valence-electron chi connectivity index (χ4n) is 2.29. The molecule has 0 aliphatic heterocycles. The molecule has 3 aromatic rings. The summed E-state index contributed by atoms with van der Waals surface area (Å²) in [4.78, 5) is 7.87. The van der Waals surface area contributed by atoms with Crippen LogP contribution in [0.2, 0.25) is 5.15 Å². The Bertz CT molecular complexity index is 980. The van der Waals surface area contributed by atoms with E-state index in [1.165, 1.54) is 24.5 Å². The van der Waals surface area contributed by atoms with Crippen LogP contribution in [-0.2, 0) is 0 Å². The van der Waals surface area contributed by atoms with E-state index in [9.17, 15) is 17.6 Å². The van der Waals surface area contributed by atoms with Gasteiger partial charge in [-0.15, -0.1) is 0 Å². The van der Waals surface area contributed by atoms with Gasteiger partial charge in [-0.25, -0.2) is 22.5 Å². The van der Waals surface area contributed by atoms with Gasteiger partial charge in [-0.05, 0) is 49.2 Å². The number of anilines is 1. The summed E-state index contributed by atoms with van der Waals surface area (Å²) in [6.45, 7) is 3.52. The van der Waals surface area contributed by atoms with Crippen LogP contribution < -0.4 is 11.1 Å². The van der Waals surface area contributed by atoms with Crippen molar-refractivity contribution >= 4 is 44.4 Å². The number of aromatic nitrogens is 2. The summed E-state index contributed by atoms with van der Waals surface area (Å²) in [7, 11) is 0. The second kappa shape index (κ2) is 13.4. The topological polar surface area (TPSA) is 63.8 Å². The molecule has 0 aliphatic rings. The minimum Gasteiger partial charge on any atom is -0.362 e. The molecule has 170 valence electrons. The van der Waals surface area contributed by atoms with Gasteiger partial charge < -0.3 is 11.1 Å². The van der Waals surface area contributed by atoms with Gasteiger partial charge in [0.25, 0.3) is 0 Å². The number of nitrogens with zero attached hydrogens (tertiary/aromatic N) is 2. The van der Waals surface area contributed by atoms with Crippen molar-refractivity contribution in [2.24, 2.45) is 5.73 Å². The zero-order valence-corrected chi connectivity index (χ0v) is 19.4. The van der Waals surface area contributed by atoms with Gasteiger partial charge in [0.1, 0.15) is 11.0 Å². The summed E-state index contributed by atoms with van der Waals surface area (Å²) in [6.07, 6.45) is 2.91. The highest BCUT2D eigenvalue weighted by molar-refractivity contribution is 7.59. The molecule has 4 nitrogen and oxygen atoms in total. The second-order valence-corrected chi connectivity index (χ2v) is 6.62. The van der Waals surface area contributed by atoms with Gasteiger partial charge in [0.05, 0.1) is 18.4 Å². The number of hydrogen-bond donors (Lipinski definition) is 2. The first-order valence-corrected chi connectivity index (χ1v) is 8.94. The van der Waals surface area contributed by atoms with Crippen molar-refractivity contribution in [2.75, 3.05) is 5.32 Å². The number of rotatable bonds is 4. The first kappa shape index (κ1) is 29.0. The summed E-state index contributed by atoms with van der Waals surface area (Å²) in [5, 5.41) is 3.26. The zero-order chi connectivity index (χ0) is 21.6. The summed E-state index contributed by atoms with van der Waals surface area (Å²) in [5.41, 5.74) is 6.65. The number of nitrogens with one attached hydrogen (secondary N) is 1. The Balaban J connectivity index is 0.000000603. The molecule has 31 heavy (non-hydrogen) atoms. The Labute approximate surface area is 197 Å². The van der Waals surface area contributed by atoms with Crippen molar-refractivity contribution in [3.8, 4) is 0 Å². The van der Waals surface area contributed by atoms with Crippen molar-refractivity contribution < 1.29 is 17.6 Å². The third kappa shape index (κ3) is 8.94. The quantitative estimate of drug-likeness (QED) is 0.450. The number of nitrogens with two attached hydrogens (primary N) is 1. The molecule has 0 spiro atoms. The molecule has 0 radical (unpaired) electrons. The molecule has 0 bridgehead atoms. The number of benzene rings is 2. The van der Waals surface area contributed by atoms with Gasteiger partial charge >= 0.3 is 0 Å². The molecule has 0 saturated carbocycles. The molecule has 0 fully saturated rings. The van der Waals surface area contributed by atoms with Crippen molar-refractivity contribution in [2.45, 2.75) is 25.9 Å². The van der Waals surface area contributed by atoms with E-state index in [1.807, 2.05) is 0 Å². The Kier molecular flexibility index (Phi) is 12.5. The fourth-order valence-corrected chi connectivity index (χ4v) is 2.44. The highest BCUT2D eigenvalue weighted by Gasteiger charge is 2.10. The summed E-state index contributed by atoms with van der Waals surface area (Å²) in [5.74, 6) is -2.96. The smallest absolute Gasteiger partial charge is 0.159 e. The maximum atomic E-state index is 13.1. The third-order valence-corrected chi connectivity index (χ3v) is 4.06. The predicted octanol–water partition coefficient (Wildman–Crippen LogP) is 5.79. The van der Waals surface area contributed by atoms with Gasteiger partial charge in [-0.2, -0.15) is 27.0 Å². The molecule has 11 heteroatoms. The first-order chi connectivity index (χ1) is 13.7. The van der Waals surface area contributed by atoms with Crippen LogP contribution >= 0.6 is 38.6 Å². The minimum atomic E-state index is -0.877. The predicted molar refractivity (Wildman–Crippen MR) is 125 cm³/mol. The van der Waals surface area contributed by atoms with Gasteiger partial charge in [0, 0.05) is 6.04 Å². The van der Waals surface area contributed by atoms with E-state index in [0.717, 1.165) is 24.3 Å². The standard InChI is InChI=1S/C12H10ClF2N3.C8H9F2N.2H2S/c1-7(8-2-3-9(14)10(15)4-8)17-12-6-16-5-11(13)18-12;1-5(11)6-2-3-7(9)8(10)4-6;;/h2-7H,1H3,(H,17,18);2-5H,11H2,1H3;2*1H2/t7-;5-;;/m00../s1. The molecule has 2 aromatic carbocycles. The lowest BCUT2D eigenvalue weighted by molar-refractivity contribution is 0.506. The average molecular weight is 495 g/mol. The lowest BCUT2D eigenvalue weighted by Crippen LogP contribution is -2.08. The van der Waals surface area contributed by atoms with E-state index in [1.54, 1.807) is 13.8 Å². The van der Waals surface area contributed by atoms with Gasteiger partial charge in [-0.1, -0.05) is 23.7 Å². The molecule has 3 rings (SSSR count). The maximum absolute atomic E-state index is 13.1. The SMILES string of the molecule is C[C@H](N)c1ccc(F)c(F)c1.C[C@H](Nc1cncc(Cl)n1)c1ccc(F)c(F)c1.S.S. The van der Waals surface area contributed by atoms with E-state index < -0.39 is 23.3 Å². The first-order valence-electron chi connectivity index (χ1n) is 8.57. The molecule has 3 N–H and O–H groups in total. The summed E-state index contributed by atoms with van der Waals surface area (Å²) in [6, 6.07) is 6.90. The molecular weight excluding hydrogens is 472 g/mol. The van der Waals surface area contributed by atoms with Crippen LogP contribution in [-0.4, -0.2) is 9.97 Å². The Morgan fingerprint density at radius 2 is 1.35 bits per heavy atom. The van der Waals surface area contributed by atoms with E-state index in [4.69, 9.17) is 17.3 Å². The Morgan fingerprint density at radius 3 is 1.84 bits per heavy atom. The van der Waals surface area contributed by atoms with Crippen molar-refractivity contribution in [3.05, 3.63) is 88.3 Å². The van der Waals surface area contributed by atoms with Gasteiger partial charge in [-0.3, -0.25) is 4.98 Å². The molecule has 0 saturated heterocycles. The van der Waals surface area contributed by atoms with Crippen LogP contribution in [0.4, 0.5) is 23.4 Å². The lowest BCUT2D eigenvalue weighted by atomic mass is 10.1. The fraction of sp³-hybridized carbons (Fsp3) is 0.200. The van der Waals surface area contributed by atoms with Gasteiger partial charge in [0.2, 0.25) is 0 Å². The summed E-state index contributed by atoms with van der Waals surface area (Å²) < 4.78 is 50.8. The third-order valence-electron chi connectivity index (χ3n) is 3.88. The average Bonchev–Trinajstić information content (AvgIpc) is 2.66. The molecule has 0 unspecified atom stereocenters. The second-order valence-electron chi connectivity index (χ2n) is 6.23. The van der Waals surface area contributed by atoms with Crippen LogP contribution in [0.5, 0.6) is 0 Å². The lowest BCUT2D eigenvalue weighted by Gasteiger charge is -2.14. The van der Waals surface area contributed by atoms with Crippen LogP contribution in [0, 0.1) is 23.3 Å². The molecule has 2 atom stereocenters. The van der Waals surface area contributed by atoms with E-state index in [-0.39, 0.29) is 44.2 Å². The highest BCUT2D eigenvalue weighted by atomic mass is 35.5. The molecule has 1 heterocycles. The normalized spacial score (nSPS) is 11.7. The Hall–Kier alpha value is -2.01. The van der Waals surface area contributed by atoms with E-state index in [0.29, 0.717) is 16.9 Å². The Morgan fingerprint density at radius 1 is 0.839 bits per heavy atom. The van der Waals surface area contributed by atoms with E-state index >= 15 is 0 Å². The monoisotopic (exact) mass is 494 g/mol. The number of hydrogen-bond acceptors (Lipinski definition) is 4. The van der Waals surface area contributed by atoms with Crippen LogP contribution in [0.15, 0.2) is 48.8 Å². The molecule has 0 aliphatic carbocycles. The number of halogens is 5. The van der Waals surface area contributed by atoms with Crippen LogP contribution in [0.1, 0.15) is 37.1 Å². The largest absolute Gasteiger partial charge is 0.362 e.